The molecule has 0 saturated heterocycles. The zero-order chi connectivity index (χ0) is 12.5. The number of nitrogens with zero attached hydrogens (tertiary/aromatic N) is 1. The molecule has 1 saturated carbocycles. The summed E-state index contributed by atoms with van der Waals surface area (Å²) in [5, 5.41) is 0. The third-order valence-corrected chi connectivity index (χ3v) is 4.42. The van der Waals surface area contributed by atoms with Crippen LogP contribution in [-0.4, -0.2) is 30.3 Å². The maximum absolute atomic E-state index is 12.4. The molecule has 1 unspecified atom stereocenters. The number of carbonyl (C=O) groups excluding carboxylic acids is 1. The third-order valence-electron chi connectivity index (χ3n) is 4.42. The summed E-state index contributed by atoms with van der Waals surface area (Å²) in [6.45, 7) is 1.07. The lowest BCUT2D eigenvalue weighted by Crippen LogP contribution is -2.29. The van der Waals surface area contributed by atoms with Gasteiger partial charge >= 0.3 is 0 Å². The summed E-state index contributed by atoms with van der Waals surface area (Å²) < 4.78 is 0. The number of hydrogen-bond acceptors (Lipinski definition) is 2. The van der Waals surface area contributed by atoms with Crippen LogP contribution in [0.15, 0.2) is 24.3 Å². The zero-order valence-corrected chi connectivity index (χ0v) is 11.1. The molecule has 96 valence electrons. The van der Waals surface area contributed by atoms with Crippen LogP contribution in [0.3, 0.4) is 0 Å². The first-order valence-corrected chi connectivity index (χ1v) is 7.08. The summed E-state index contributed by atoms with van der Waals surface area (Å²) in [5.74, 6) is 0.627. The van der Waals surface area contributed by atoms with Crippen molar-refractivity contribution in [3.63, 3.8) is 0 Å². The molecule has 0 N–H and O–H groups in total. The molecule has 0 radical (unpaired) electrons. The topological polar surface area (TPSA) is 20.3 Å². The summed E-state index contributed by atoms with van der Waals surface area (Å²) >= 11 is 0. The Bertz CT molecular complexity index is 450. The minimum Gasteiger partial charge on any atom is -0.303 e. The number of carbonyl (C=O) groups is 1. The molecule has 0 amide bonds. The molecular formula is C16H21NO. The molecular weight excluding hydrogens is 222 g/mol. The Hall–Kier alpha value is -1.15. The fraction of sp³-hybridized carbons (Fsp3) is 0.562. The minimum atomic E-state index is 0.251. The number of fused-ring (bicyclic) bond motifs is 1. The molecule has 0 aromatic heterocycles. The van der Waals surface area contributed by atoms with Gasteiger partial charge in [0.2, 0.25) is 0 Å². The first-order chi connectivity index (χ1) is 8.75. The number of benzene rings is 1. The smallest absolute Gasteiger partial charge is 0.166 e. The number of rotatable bonds is 4. The van der Waals surface area contributed by atoms with Gasteiger partial charge < -0.3 is 4.90 Å². The van der Waals surface area contributed by atoms with Crippen molar-refractivity contribution in [2.45, 2.75) is 38.1 Å². The molecule has 1 fully saturated rings. The number of aryl methyl sites for hydroxylation is 1. The largest absolute Gasteiger partial charge is 0.303 e. The molecule has 0 bridgehead atoms. The lowest BCUT2D eigenvalue weighted by atomic mass is 9.81. The Balaban J connectivity index is 1.63. The molecule has 2 aliphatic rings. The summed E-state index contributed by atoms with van der Waals surface area (Å²) in [7, 11) is 2.19. The summed E-state index contributed by atoms with van der Waals surface area (Å²) in [6, 6.07) is 8.91. The van der Waals surface area contributed by atoms with Crippen LogP contribution in [0.5, 0.6) is 0 Å². The van der Waals surface area contributed by atoms with Crippen LogP contribution >= 0.6 is 0 Å². The van der Waals surface area contributed by atoms with Crippen LogP contribution in [0.4, 0.5) is 0 Å². The van der Waals surface area contributed by atoms with Crippen LogP contribution in [0.2, 0.25) is 0 Å². The van der Waals surface area contributed by atoms with Gasteiger partial charge in [0.05, 0.1) is 0 Å². The Morgan fingerprint density at radius 3 is 2.78 bits per heavy atom. The van der Waals surface area contributed by atoms with E-state index in [1.54, 1.807) is 0 Å². The van der Waals surface area contributed by atoms with Gasteiger partial charge in [-0.05, 0) is 51.3 Å². The highest BCUT2D eigenvalue weighted by molar-refractivity contribution is 6.00. The molecule has 1 atom stereocenters. The monoisotopic (exact) mass is 243 g/mol. The molecule has 0 aliphatic heterocycles. The third kappa shape index (κ3) is 2.35. The second-order valence-corrected chi connectivity index (χ2v) is 5.76. The van der Waals surface area contributed by atoms with Crippen LogP contribution < -0.4 is 0 Å². The SMILES string of the molecule is CN(CCC1CCc2ccccc2C1=O)C1CC1. The highest BCUT2D eigenvalue weighted by atomic mass is 16.1. The van der Waals surface area contributed by atoms with E-state index in [0.717, 1.165) is 37.4 Å². The van der Waals surface area contributed by atoms with Crippen molar-refractivity contribution < 1.29 is 4.79 Å². The van der Waals surface area contributed by atoms with Crippen LogP contribution in [0, 0.1) is 5.92 Å². The van der Waals surface area contributed by atoms with Gasteiger partial charge in [-0.25, -0.2) is 0 Å². The van der Waals surface area contributed by atoms with E-state index in [2.05, 4.69) is 18.0 Å². The zero-order valence-electron chi connectivity index (χ0n) is 11.1. The molecule has 0 spiro atoms. The van der Waals surface area contributed by atoms with Gasteiger partial charge in [0.25, 0.3) is 0 Å². The van der Waals surface area contributed by atoms with Gasteiger partial charge in [0.15, 0.2) is 5.78 Å². The van der Waals surface area contributed by atoms with Crippen molar-refractivity contribution in [3.05, 3.63) is 35.4 Å². The molecule has 2 heteroatoms. The quantitative estimate of drug-likeness (QED) is 0.810. The molecule has 1 aromatic carbocycles. The van der Waals surface area contributed by atoms with E-state index in [9.17, 15) is 4.79 Å². The predicted octanol–water partition coefficient (Wildman–Crippen LogP) is 2.92. The number of Topliss-reactive ketones (excluding diaryl/α,β-unsaturated/α-hetero) is 1. The van der Waals surface area contributed by atoms with E-state index in [0.29, 0.717) is 5.78 Å². The summed E-state index contributed by atoms with van der Waals surface area (Å²) in [5.41, 5.74) is 2.22. The van der Waals surface area contributed by atoms with Gasteiger partial charge in [-0.3, -0.25) is 4.79 Å². The predicted molar refractivity (Wildman–Crippen MR) is 72.9 cm³/mol. The standard InChI is InChI=1S/C16H21NO/c1-17(14-8-9-14)11-10-13-7-6-12-4-2-3-5-15(12)16(13)18/h2-5,13-14H,6-11H2,1H3. The molecule has 0 heterocycles. The van der Waals surface area contributed by atoms with Crippen molar-refractivity contribution in [1.29, 1.82) is 0 Å². The molecule has 1 aromatic rings. The van der Waals surface area contributed by atoms with Gasteiger partial charge in [0, 0.05) is 17.5 Å². The minimum absolute atomic E-state index is 0.251. The highest BCUT2D eigenvalue weighted by Crippen LogP contribution is 2.29. The fourth-order valence-electron chi connectivity index (χ4n) is 2.99. The Morgan fingerprint density at radius 2 is 2.00 bits per heavy atom. The average molecular weight is 243 g/mol. The van der Waals surface area contributed by atoms with Gasteiger partial charge in [0.1, 0.15) is 0 Å². The average Bonchev–Trinajstić information content (AvgIpc) is 3.22. The molecule has 3 rings (SSSR count). The summed E-state index contributed by atoms with van der Waals surface area (Å²) in [6.07, 6.45) is 5.82. The molecule has 2 aliphatic carbocycles. The summed E-state index contributed by atoms with van der Waals surface area (Å²) in [4.78, 5) is 14.8. The van der Waals surface area contributed by atoms with E-state index in [1.807, 2.05) is 18.2 Å². The number of hydrogen-bond donors (Lipinski definition) is 0. The lowest BCUT2D eigenvalue weighted by molar-refractivity contribution is 0.0885. The van der Waals surface area contributed by atoms with E-state index in [-0.39, 0.29) is 5.92 Å². The van der Waals surface area contributed by atoms with Crippen LogP contribution in [0.25, 0.3) is 0 Å². The first kappa shape index (κ1) is 11.9. The van der Waals surface area contributed by atoms with Crippen molar-refractivity contribution in [1.82, 2.24) is 4.90 Å². The second kappa shape index (κ2) is 4.85. The van der Waals surface area contributed by atoms with Gasteiger partial charge in [-0.2, -0.15) is 0 Å². The Labute approximate surface area is 109 Å². The van der Waals surface area contributed by atoms with Gasteiger partial charge in [-0.1, -0.05) is 24.3 Å². The fourth-order valence-corrected chi connectivity index (χ4v) is 2.99. The van der Waals surface area contributed by atoms with Crippen LogP contribution in [0.1, 0.15) is 41.6 Å². The molecule has 18 heavy (non-hydrogen) atoms. The van der Waals surface area contributed by atoms with E-state index in [1.165, 1.54) is 18.4 Å². The van der Waals surface area contributed by atoms with Crippen molar-refractivity contribution >= 4 is 5.78 Å². The normalized spacial score (nSPS) is 23.2. The number of ketones is 1. The van der Waals surface area contributed by atoms with E-state index >= 15 is 0 Å². The maximum Gasteiger partial charge on any atom is 0.166 e. The van der Waals surface area contributed by atoms with Gasteiger partial charge in [-0.15, -0.1) is 0 Å². The van der Waals surface area contributed by atoms with Crippen LogP contribution in [-0.2, 0) is 6.42 Å². The molecule has 2 nitrogen and oxygen atoms in total. The first-order valence-electron chi connectivity index (χ1n) is 7.08. The van der Waals surface area contributed by atoms with Crippen molar-refractivity contribution in [3.8, 4) is 0 Å². The lowest BCUT2D eigenvalue weighted by Gasteiger charge is -2.25. The van der Waals surface area contributed by atoms with E-state index < -0.39 is 0 Å². The van der Waals surface area contributed by atoms with E-state index in [4.69, 9.17) is 0 Å². The Morgan fingerprint density at radius 1 is 1.22 bits per heavy atom. The van der Waals surface area contributed by atoms with Crippen molar-refractivity contribution in [2.24, 2.45) is 5.92 Å². The van der Waals surface area contributed by atoms with Crippen molar-refractivity contribution in [2.75, 3.05) is 13.6 Å². The highest BCUT2D eigenvalue weighted by Gasteiger charge is 2.29. The Kier molecular flexibility index (Phi) is 3.21. The second-order valence-electron chi connectivity index (χ2n) is 5.76. The maximum atomic E-state index is 12.4.